The molecule has 3 rings (SSSR count). The van der Waals surface area contributed by atoms with Crippen LogP contribution in [0.2, 0.25) is 0 Å². The lowest BCUT2D eigenvalue weighted by Crippen LogP contribution is -2.41. The average molecular weight is 345 g/mol. The van der Waals surface area contributed by atoms with Gasteiger partial charge < -0.3 is 15.1 Å². The molecule has 2 fully saturated rings. The molecular weight excluding hydrogens is 314 g/mol. The van der Waals surface area contributed by atoms with E-state index in [2.05, 4.69) is 38.9 Å². The first-order valence-electron chi connectivity index (χ1n) is 9.73. The van der Waals surface area contributed by atoms with Gasteiger partial charge in [0.05, 0.1) is 18.1 Å². The SMILES string of the molecule is CC(C)CNC(=O)C1CCN(c2cnc(N3CCCCC3)nc2)CC1. The Morgan fingerprint density at radius 2 is 1.72 bits per heavy atom. The molecule has 1 aromatic heterocycles. The molecule has 1 amide bonds. The van der Waals surface area contributed by atoms with E-state index in [4.69, 9.17) is 0 Å². The topological polar surface area (TPSA) is 61.4 Å². The van der Waals surface area contributed by atoms with Gasteiger partial charge in [-0.1, -0.05) is 13.8 Å². The van der Waals surface area contributed by atoms with Gasteiger partial charge in [-0.2, -0.15) is 0 Å². The van der Waals surface area contributed by atoms with Gasteiger partial charge in [0.25, 0.3) is 0 Å². The van der Waals surface area contributed by atoms with Gasteiger partial charge in [-0.3, -0.25) is 4.79 Å². The second kappa shape index (κ2) is 8.50. The van der Waals surface area contributed by atoms with Gasteiger partial charge in [-0.25, -0.2) is 9.97 Å². The first-order valence-corrected chi connectivity index (χ1v) is 9.73. The summed E-state index contributed by atoms with van der Waals surface area (Å²) in [5.41, 5.74) is 1.07. The third-order valence-corrected chi connectivity index (χ3v) is 5.18. The minimum Gasteiger partial charge on any atom is -0.369 e. The van der Waals surface area contributed by atoms with Crippen LogP contribution in [0, 0.1) is 11.8 Å². The van der Waals surface area contributed by atoms with Crippen molar-refractivity contribution in [2.75, 3.05) is 42.5 Å². The highest BCUT2D eigenvalue weighted by Gasteiger charge is 2.25. The molecule has 0 bridgehead atoms. The van der Waals surface area contributed by atoms with E-state index in [1.807, 2.05) is 12.4 Å². The van der Waals surface area contributed by atoms with Crippen LogP contribution in [0.15, 0.2) is 12.4 Å². The lowest BCUT2D eigenvalue weighted by molar-refractivity contribution is -0.125. The molecule has 0 saturated carbocycles. The first kappa shape index (κ1) is 18.0. The highest BCUT2D eigenvalue weighted by atomic mass is 16.1. The molecule has 0 aliphatic carbocycles. The monoisotopic (exact) mass is 345 g/mol. The van der Waals surface area contributed by atoms with Crippen LogP contribution in [-0.2, 0) is 4.79 Å². The number of anilines is 2. The quantitative estimate of drug-likeness (QED) is 0.888. The van der Waals surface area contributed by atoms with Crippen LogP contribution in [-0.4, -0.2) is 48.6 Å². The molecule has 6 heteroatoms. The molecule has 2 aliphatic heterocycles. The third-order valence-electron chi connectivity index (χ3n) is 5.18. The Kier molecular flexibility index (Phi) is 6.10. The number of piperidine rings is 2. The Morgan fingerprint density at radius 3 is 2.32 bits per heavy atom. The summed E-state index contributed by atoms with van der Waals surface area (Å²) < 4.78 is 0. The molecule has 138 valence electrons. The summed E-state index contributed by atoms with van der Waals surface area (Å²) in [6.07, 6.45) is 9.46. The Labute approximate surface area is 151 Å². The number of aromatic nitrogens is 2. The molecule has 6 nitrogen and oxygen atoms in total. The van der Waals surface area contributed by atoms with Crippen molar-refractivity contribution < 1.29 is 4.79 Å². The number of carbonyl (C=O) groups is 1. The zero-order chi connectivity index (χ0) is 17.6. The predicted molar refractivity (Wildman–Crippen MR) is 101 cm³/mol. The zero-order valence-electron chi connectivity index (χ0n) is 15.6. The fourth-order valence-electron chi connectivity index (χ4n) is 3.58. The molecule has 2 saturated heterocycles. The van der Waals surface area contributed by atoms with Crippen molar-refractivity contribution in [3.63, 3.8) is 0 Å². The van der Waals surface area contributed by atoms with Crippen molar-refractivity contribution in [2.24, 2.45) is 11.8 Å². The van der Waals surface area contributed by atoms with E-state index in [-0.39, 0.29) is 11.8 Å². The van der Waals surface area contributed by atoms with Crippen molar-refractivity contribution in [3.05, 3.63) is 12.4 Å². The molecule has 3 heterocycles. The van der Waals surface area contributed by atoms with E-state index in [9.17, 15) is 4.79 Å². The van der Waals surface area contributed by atoms with Crippen molar-refractivity contribution >= 4 is 17.5 Å². The summed E-state index contributed by atoms with van der Waals surface area (Å²) in [5.74, 6) is 1.71. The standard InChI is InChI=1S/C19H31N5O/c1-15(2)12-20-18(25)16-6-10-23(11-7-16)17-13-21-19(22-14-17)24-8-4-3-5-9-24/h13-16H,3-12H2,1-2H3,(H,20,25). The Morgan fingerprint density at radius 1 is 1.08 bits per heavy atom. The van der Waals surface area contributed by atoms with Crippen LogP contribution in [0.4, 0.5) is 11.6 Å². The minimum absolute atomic E-state index is 0.142. The van der Waals surface area contributed by atoms with Crippen LogP contribution < -0.4 is 15.1 Å². The summed E-state index contributed by atoms with van der Waals surface area (Å²) in [5, 5.41) is 3.06. The summed E-state index contributed by atoms with van der Waals surface area (Å²) in [6.45, 7) is 8.93. The van der Waals surface area contributed by atoms with Gasteiger partial charge >= 0.3 is 0 Å². The molecule has 25 heavy (non-hydrogen) atoms. The van der Waals surface area contributed by atoms with E-state index < -0.39 is 0 Å². The number of carbonyl (C=O) groups excluding carboxylic acids is 1. The van der Waals surface area contributed by atoms with Gasteiger partial charge in [0.1, 0.15) is 0 Å². The summed E-state index contributed by atoms with van der Waals surface area (Å²) in [4.78, 5) is 25.9. The van der Waals surface area contributed by atoms with Gasteiger partial charge in [0, 0.05) is 38.6 Å². The van der Waals surface area contributed by atoms with Crippen LogP contribution in [0.5, 0.6) is 0 Å². The number of hydrogen-bond donors (Lipinski definition) is 1. The summed E-state index contributed by atoms with van der Waals surface area (Å²) >= 11 is 0. The zero-order valence-corrected chi connectivity index (χ0v) is 15.6. The first-order chi connectivity index (χ1) is 12.1. The van der Waals surface area contributed by atoms with Crippen molar-refractivity contribution in [1.29, 1.82) is 0 Å². The smallest absolute Gasteiger partial charge is 0.225 e. The fraction of sp³-hybridized carbons (Fsp3) is 0.737. The van der Waals surface area contributed by atoms with Gasteiger partial charge in [-0.05, 0) is 38.0 Å². The largest absolute Gasteiger partial charge is 0.369 e. The molecule has 0 spiro atoms. The van der Waals surface area contributed by atoms with Crippen molar-refractivity contribution in [1.82, 2.24) is 15.3 Å². The summed E-state index contributed by atoms with van der Waals surface area (Å²) in [6, 6.07) is 0. The average Bonchev–Trinajstić information content (AvgIpc) is 2.67. The van der Waals surface area contributed by atoms with Crippen molar-refractivity contribution in [3.8, 4) is 0 Å². The van der Waals surface area contributed by atoms with E-state index >= 15 is 0 Å². The molecular formula is C19H31N5O. The third kappa shape index (κ3) is 4.83. The van der Waals surface area contributed by atoms with Gasteiger partial charge in [-0.15, -0.1) is 0 Å². The van der Waals surface area contributed by atoms with Crippen molar-refractivity contribution in [2.45, 2.75) is 46.0 Å². The molecule has 0 aromatic carbocycles. The molecule has 1 aromatic rings. The lowest BCUT2D eigenvalue weighted by atomic mass is 9.95. The number of rotatable bonds is 5. The number of nitrogens with one attached hydrogen (secondary N) is 1. The molecule has 0 atom stereocenters. The van der Waals surface area contributed by atoms with Gasteiger partial charge in [0.15, 0.2) is 0 Å². The maximum Gasteiger partial charge on any atom is 0.225 e. The normalized spacial score (nSPS) is 19.3. The highest BCUT2D eigenvalue weighted by Crippen LogP contribution is 2.24. The second-order valence-corrected chi connectivity index (χ2v) is 7.69. The Bertz CT molecular complexity index is 545. The number of amides is 1. The van der Waals surface area contributed by atoms with E-state index in [0.29, 0.717) is 5.92 Å². The van der Waals surface area contributed by atoms with E-state index in [0.717, 1.165) is 57.2 Å². The van der Waals surface area contributed by atoms with Crippen LogP contribution in [0.25, 0.3) is 0 Å². The minimum atomic E-state index is 0.142. The maximum absolute atomic E-state index is 12.2. The lowest BCUT2D eigenvalue weighted by Gasteiger charge is -2.33. The Balaban J connectivity index is 1.50. The van der Waals surface area contributed by atoms with Crippen LogP contribution in [0.1, 0.15) is 46.0 Å². The second-order valence-electron chi connectivity index (χ2n) is 7.69. The molecule has 0 radical (unpaired) electrons. The fourth-order valence-corrected chi connectivity index (χ4v) is 3.58. The Hall–Kier alpha value is -1.85. The van der Waals surface area contributed by atoms with Gasteiger partial charge in [0.2, 0.25) is 11.9 Å². The number of nitrogens with zero attached hydrogens (tertiary/aromatic N) is 4. The van der Waals surface area contributed by atoms with Crippen LogP contribution in [0.3, 0.4) is 0 Å². The van der Waals surface area contributed by atoms with Crippen LogP contribution >= 0.6 is 0 Å². The van der Waals surface area contributed by atoms with E-state index in [1.54, 1.807) is 0 Å². The molecule has 1 N–H and O–H groups in total. The highest BCUT2D eigenvalue weighted by molar-refractivity contribution is 5.79. The predicted octanol–water partition coefficient (Wildman–Crippen LogP) is 2.46. The maximum atomic E-state index is 12.2. The van der Waals surface area contributed by atoms with E-state index in [1.165, 1.54) is 19.3 Å². The molecule has 2 aliphatic rings. The number of hydrogen-bond acceptors (Lipinski definition) is 5. The summed E-state index contributed by atoms with van der Waals surface area (Å²) in [7, 11) is 0. The molecule has 0 unspecified atom stereocenters.